The van der Waals surface area contributed by atoms with Crippen LogP contribution in [0.5, 0.6) is 0 Å². The molecule has 0 aliphatic carbocycles. The fourth-order valence-corrected chi connectivity index (χ4v) is 3.10. The summed E-state index contributed by atoms with van der Waals surface area (Å²) in [5.74, 6) is 0. The molecule has 0 amide bonds. The van der Waals surface area contributed by atoms with E-state index >= 15 is 0 Å². The Morgan fingerprint density at radius 1 is 0.423 bits per heavy atom. The van der Waals surface area contributed by atoms with Crippen LogP contribution in [0.25, 0.3) is 0 Å². The van der Waals surface area contributed by atoms with Gasteiger partial charge in [0.1, 0.15) is 0 Å². The summed E-state index contributed by atoms with van der Waals surface area (Å²) in [7, 11) is 0. The van der Waals surface area contributed by atoms with E-state index in [4.69, 9.17) is 0 Å². The topological polar surface area (TPSA) is 30.5 Å². The second-order valence-electron chi connectivity index (χ2n) is 7.60. The zero-order chi connectivity index (χ0) is 19.3. The van der Waals surface area contributed by atoms with Crippen molar-refractivity contribution in [1.82, 2.24) is 20.4 Å². The number of nitrogens with one attached hydrogen (secondary N) is 2. The third kappa shape index (κ3) is 17.3. The number of hydrogen-bond donors (Lipinski definition) is 2. The van der Waals surface area contributed by atoms with Gasteiger partial charge in [-0.25, -0.2) is 0 Å². The van der Waals surface area contributed by atoms with Gasteiger partial charge in [-0.3, -0.25) is 0 Å². The van der Waals surface area contributed by atoms with Gasteiger partial charge in [0, 0.05) is 39.3 Å². The van der Waals surface area contributed by atoms with Crippen LogP contribution in [0.2, 0.25) is 0 Å². The SMILES string of the molecule is CCCCN(CCCC)CCNCCNCCN(CCCC)CCCC. The standard InChI is InChI=1S/C22H50N4/c1-5-9-17-25(18-10-6-2)21-15-23-13-14-24-16-22-26(19-11-7-3)20-12-8-4/h23-24H,5-22H2,1-4H3. The summed E-state index contributed by atoms with van der Waals surface area (Å²) < 4.78 is 0. The lowest BCUT2D eigenvalue weighted by Crippen LogP contribution is -2.38. The highest BCUT2D eigenvalue weighted by molar-refractivity contribution is 4.63. The maximum absolute atomic E-state index is 3.61. The molecule has 0 radical (unpaired) electrons. The first-order chi connectivity index (χ1) is 12.8. The Balaban J connectivity index is 3.64. The average Bonchev–Trinajstić information content (AvgIpc) is 2.66. The first-order valence-electron chi connectivity index (χ1n) is 11.6. The van der Waals surface area contributed by atoms with Crippen molar-refractivity contribution >= 4 is 0 Å². The molecule has 0 aliphatic rings. The maximum atomic E-state index is 3.61. The van der Waals surface area contributed by atoms with E-state index in [1.807, 2.05) is 0 Å². The Hall–Kier alpha value is -0.160. The van der Waals surface area contributed by atoms with Gasteiger partial charge in [-0.15, -0.1) is 0 Å². The molecule has 2 N–H and O–H groups in total. The molecule has 0 spiro atoms. The Kier molecular flexibility index (Phi) is 21.0. The van der Waals surface area contributed by atoms with E-state index in [1.165, 1.54) is 90.6 Å². The van der Waals surface area contributed by atoms with Crippen molar-refractivity contribution in [2.45, 2.75) is 79.1 Å². The molecule has 4 heteroatoms. The number of hydrogen-bond acceptors (Lipinski definition) is 4. The minimum absolute atomic E-state index is 1.08. The summed E-state index contributed by atoms with van der Waals surface area (Å²) in [6.45, 7) is 21.0. The third-order valence-electron chi connectivity index (χ3n) is 5.00. The van der Waals surface area contributed by atoms with E-state index in [2.05, 4.69) is 48.1 Å². The summed E-state index contributed by atoms with van der Waals surface area (Å²) in [5, 5.41) is 7.22. The van der Waals surface area contributed by atoms with Gasteiger partial charge in [0.15, 0.2) is 0 Å². The summed E-state index contributed by atoms with van der Waals surface area (Å²) >= 11 is 0. The molecule has 0 aromatic rings. The van der Waals surface area contributed by atoms with Crippen molar-refractivity contribution in [1.29, 1.82) is 0 Å². The van der Waals surface area contributed by atoms with Crippen molar-refractivity contribution in [3.63, 3.8) is 0 Å². The molecule has 0 bridgehead atoms. The van der Waals surface area contributed by atoms with E-state index in [-0.39, 0.29) is 0 Å². The van der Waals surface area contributed by atoms with Crippen molar-refractivity contribution in [3.05, 3.63) is 0 Å². The molecule has 0 fully saturated rings. The van der Waals surface area contributed by atoms with Crippen molar-refractivity contribution < 1.29 is 0 Å². The number of unbranched alkanes of at least 4 members (excludes halogenated alkanes) is 4. The normalized spacial score (nSPS) is 11.8. The highest BCUT2D eigenvalue weighted by Gasteiger charge is 2.04. The molecule has 0 heterocycles. The average molecular weight is 371 g/mol. The molecule has 158 valence electrons. The van der Waals surface area contributed by atoms with E-state index in [0.29, 0.717) is 0 Å². The molecule has 0 atom stereocenters. The van der Waals surface area contributed by atoms with E-state index in [0.717, 1.165) is 26.2 Å². The molecule has 0 rings (SSSR count). The van der Waals surface area contributed by atoms with Crippen LogP contribution in [0.1, 0.15) is 79.1 Å². The molecule has 0 unspecified atom stereocenters. The third-order valence-corrected chi connectivity index (χ3v) is 5.00. The summed E-state index contributed by atoms with van der Waals surface area (Å²) in [4.78, 5) is 5.26. The van der Waals surface area contributed by atoms with Gasteiger partial charge in [-0.2, -0.15) is 0 Å². The molecule has 0 aliphatic heterocycles. The van der Waals surface area contributed by atoms with Crippen LogP contribution in [0.3, 0.4) is 0 Å². The Bertz CT molecular complexity index is 219. The molecule has 4 nitrogen and oxygen atoms in total. The second kappa shape index (κ2) is 21.1. The fourth-order valence-electron chi connectivity index (χ4n) is 3.10. The monoisotopic (exact) mass is 370 g/mol. The zero-order valence-electron chi connectivity index (χ0n) is 18.6. The molecule has 0 aromatic carbocycles. The van der Waals surface area contributed by atoms with Crippen LogP contribution in [-0.4, -0.2) is 75.2 Å². The lowest BCUT2D eigenvalue weighted by molar-refractivity contribution is 0.261. The quantitative estimate of drug-likeness (QED) is 0.299. The molecular weight excluding hydrogens is 320 g/mol. The van der Waals surface area contributed by atoms with Gasteiger partial charge >= 0.3 is 0 Å². The lowest BCUT2D eigenvalue weighted by Gasteiger charge is -2.23. The van der Waals surface area contributed by atoms with Gasteiger partial charge in [-0.1, -0.05) is 53.4 Å². The Morgan fingerprint density at radius 3 is 1.00 bits per heavy atom. The first kappa shape index (κ1) is 25.8. The van der Waals surface area contributed by atoms with Gasteiger partial charge in [-0.05, 0) is 51.9 Å². The molecule has 0 saturated heterocycles. The van der Waals surface area contributed by atoms with Crippen LogP contribution in [0.15, 0.2) is 0 Å². The molecule has 0 saturated carbocycles. The van der Waals surface area contributed by atoms with E-state index < -0.39 is 0 Å². The number of nitrogens with zero attached hydrogens (tertiary/aromatic N) is 2. The van der Waals surface area contributed by atoms with Gasteiger partial charge in [0.05, 0.1) is 0 Å². The minimum atomic E-state index is 1.08. The fraction of sp³-hybridized carbons (Fsp3) is 1.00. The van der Waals surface area contributed by atoms with Gasteiger partial charge < -0.3 is 20.4 Å². The van der Waals surface area contributed by atoms with Gasteiger partial charge in [0.25, 0.3) is 0 Å². The highest BCUT2D eigenvalue weighted by atomic mass is 15.1. The molecule has 0 aromatic heterocycles. The van der Waals surface area contributed by atoms with Crippen LogP contribution in [-0.2, 0) is 0 Å². The smallest absolute Gasteiger partial charge is 0.0107 e. The zero-order valence-corrected chi connectivity index (χ0v) is 18.6. The van der Waals surface area contributed by atoms with Crippen LogP contribution < -0.4 is 10.6 Å². The van der Waals surface area contributed by atoms with Crippen molar-refractivity contribution in [2.24, 2.45) is 0 Å². The second-order valence-corrected chi connectivity index (χ2v) is 7.60. The summed E-state index contributed by atoms with van der Waals surface area (Å²) in [6, 6.07) is 0. The van der Waals surface area contributed by atoms with Crippen LogP contribution >= 0.6 is 0 Å². The number of rotatable bonds is 21. The van der Waals surface area contributed by atoms with Gasteiger partial charge in [0.2, 0.25) is 0 Å². The molecule has 26 heavy (non-hydrogen) atoms. The van der Waals surface area contributed by atoms with Crippen LogP contribution in [0, 0.1) is 0 Å². The molecular formula is C22H50N4. The van der Waals surface area contributed by atoms with E-state index in [9.17, 15) is 0 Å². The highest BCUT2D eigenvalue weighted by Crippen LogP contribution is 1.99. The predicted octanol–water partition coefficient (Wildman–Crippen LogP) is 3.97. The minimum Gasteiger partial charge on any atom is -0.314 e. The maximum Gasteiger partial charge on any atom is 0.0107 e. The Morgan fingerprint density at radius 2 is 0.731 bits per heavy atom. The summed E-state index contributed by atoms with van der Waals surface area (Å²) in [6.07, 6.45) is 10.5. The predicted molar refractivity (Wildman–Crippen MR) is 118 cm³/mol. The van der Waals surface area contributed by atoms with Crippen LogP contribution in [0.4, 0.5) is 0 Å². The summed E-state index contributed by atoms with van der Waals surface area (Å²) in [5.41, 5.74) is 0. The first-order valence-corrected chi connectivity index (χ1v) is 11.6. The largest absolute Gasteiger partial charge is 0.314 e. The van der Waals surface area contributed by atoms with Crippen molar-refractivity contribution in [3.8, 4) is 0 Å². The van der Waals surface area contributed by atoms with E-state index in [1.54, 1.807) is 0 Å². The van der Waals surface area contributed by atoms with Crippen molar-refractivity contribution in [2.75, 3.05) is 65.4 Å². The Labute approximate surface area is 165 Å². The lowest BCUT2D eigenvalue weighted by atomic mass is 10.2.